The Labute approximate surface area is 142 Å². The van der Waals surface area contributed by atoms with Crippen molar-refractivity contribution in [3.05, 3.63) is 22.4 Å². The highest BCUT2D eigenvalue weighted by Gasteiger charge is 2.32. The largest absolute Gasteiger partial charge is 0.352 e. The summed E-state index contributed by atoms with van der Waals surface area (Å²) in [5.41, 5.74) is 0. The van der Waals surface area contributed by atoms with Crippen molar-refractivity contribution in [3.63, 3.8) is 0 Å². The zero-order chi connectivity index (χ0) is 16.1. The molecule has 1 atom stereocenters. The van der Waals surface area contributed by atoms with Gasteiger partial charge in [0.25, 0.3) is 0 Å². The van der Waals surface area contributed by atoms with Crippen molar-refractivity contribution in [1.82, 2.24) is 15.5 Å². The molecule has 1 amide bonds. The summed E-state index contributed by atoms with van der Waals surface area (Å²) < 4.78 is 0. The van der Waals surface area contributed by atoms with E-state index in [2.05, 4.69) is 33.1 Å². The Morgan fingerprint density at radius 2 is 2.22 bits per heavy atom. The van der Waals surface area contributed by atoms with Crippen LogP contribution in [0.1, 0.15) is 37.0 Å². The molecule has 3 rings (SSSR count). The van der Waals surface area contributed by atoms with Crippen molar-refractivity contribution in [2.24, 2.45) is 10.9 Å². The number of guanidine groups is 1. The predicted molar refractivity (Wildman–Crippen MR) is 94.6 cm³/mol. The van der Waals surface area contributed by atoms with Crippen LogP contribution in [0.2, 0.25) is 0 Å². The molecule has 0 bridgehead atoms. The van der Waals surface area contributed by atoms with E-state index in [0.29, 0.717) is 11.9 Å². The number of thiophene rings is 1. The minimum absolute atomic E-state index is 0.282. The maximum absolute atomic E-state index is 12.5. The van der Waals surface area contributed by atoms with Crippen LogP contribution < -0.4 is 10.6 Å². The van der Waals surface area contributed by atoms with Crippen LogP contribution in [0, 0.1) is 5.92 Å². The van der Waals surface area contributed by atoms with Crippen LogP contribution in [0.15, 0.2) is 22.5 Å². The summed E-state index contributed by atoms with van der Waals surface area (Å²) in [6.45, 7) is 2.46. The molecule has 0 spiro atoms. The minimum Gasteiger partial charge on any atom is -0.352 e. The highest BCUT2D eigenvalue weighted by molar-refractivity contribution is 7.09. The number of hydrogen-bond donors (Lipinski definition) is 2. The van der Waals surface area contributed by atoms with Gasteiger partial charge in [-0.05, 0) is 30.7 Å². The van der Waals surface area contributed by atoms with Gasteiger partial charge in [0.15, 0.2) is 5.96 Å². The number of nitrogens with one attached hydrogen (secondary N) is 2. The fourth-order valence-electron chi connectivity index (χ4n) is 3.48. The van der Waals surface area contributed by atoms with E-state index < -0.39 is 0 Å². The van der Waals surface area contributed by atoms with Gasteiger partial charge in [0.1, 0.15) is 0 Å². The van der Waals surface area contributed by atoms with E-state index >= 15 is 0 Å². The first-order valence-corrected chi connectivity index (χ1v) is 9.42. The average Bonchev–Trinajstić information content (AvgIpc) is 3.33. The molecular weight excluding hydrogens is 308 g/mol. The van der Waals surface area contributed by atoms with Gasteiger partial charge < -0.3 is 15.5 Å². The monoisotopic (exact) mass is 334 g/mol. The second-order valence-corrected chi connectivity index (χ2v) is 7.43. The first kappa shape index (κ1) is 16.3. The number of hydrogen-bond acceptors (Lipinski definition) is 3. The highest BCUT2D eigenvalue weighted by Crippen LogP contribution is 2.27. The molecule has 2 aliphatic rings. The van der Waals surface area contributed by atoms with E-state index in [4.69, 9.17) is 0 Å². The third-order valence-electron chi connectivity index (χ3n) is 4.78. The number of likely N-dealkylation sites (tertiary alicyclic amines) is 1. The molecule has 1 aromatic rings. The number of carbonyl (C=O) groups is 1. The van der Waals surface area contributed by atoms with Crippen LogP contribution in [0.4, 0.5) is 0 Å². The molecule has 1 aliphatic heterocycles. The van der Waals surface area contributed by atoms with Crippen molar-refractivity contribution in [2.75, 3.05) is 20.1 Å². The lowest BCUT2D eigenvalue weighted by Gasteiger charge is -2.21. The van der Waals surface area contributed by atoms with Crippen LogP contribution >= 0.6 is 11.3 Å². The molecule has 1 saturated carbocycles. The fraction of sp³-hybridized carbons (Fsp3) is 0.647. The molecule has 5 nitrogen and oxygen atoms in total. The van der Waals surface area contributed by atoms with Crippen molar-refractivity contribution in [2.45, 2.75) is 44.7 Å². The van der Waals surface area contributed by atoms with Crippen molar-refractivity contribution in [1.29, 1.82) is 0 Å². The summed E-state index contributed by atoms with van der Waals surface area (Å²) in [6, 6.07) is 4.47. The zero-order valence-corrected chi connectivity index (χ0v) is 14.6. The summed E-state index contributed by atoms with van der Waals surface area (Å²) >= 11 is 1.74. The van der Waals surface area contributed by atoms with Crippen molar-refractivity contribution >= 4 is 23.2 Å². The molecule has 23 heavy (non-hydrogen) atoms. The summed E-state index contributed by atoms with van der Waals surface area (Å²) in [4.78, 5) is 20.1. The van der Waals surface area contributed by atoms with Gasteiger partial charge in [0.05, 0.1) is 6.54 Å². The molecule has 1 unspecified atom stereocenters. The van der Waals surface area contributed by atoms with E-state index in [0.717, 1.165) is 44.9 Å². The van der Waals surface area contributed by atoms with E-state index in [-0.39, 0.29) is 5.92 Å². The van der Waals surface area contributed by atoms with Gasteiger partial charge in [-0.25, -0.2) is 0 Å². The first-order chi connectivity index (χ1) is 11.3. The molecule has 2 N–H and O–H groups in total. The molecule has 0 radical (unpaired) electrons. The van der Waals surface area contributed by atoms with Crippen molar-refractivity contribution in [3.8, 4) is 0 Å². The van der Waals surface area contributed by atoms with Gasteiger partial charge in [-0.3, -0.25) is 9.79 Å². The van der Waals surface area contributed by atoms with E-state index in [1.165, 1.54) is 17.7 Å². The SMILES string of the molecule is CN=C(NCc1cccs1)NC1CCN(C(=O)C2CCCC2)C1. The Balaban J connectivity index is 1.45. The van der Waals surface area contributed by atoms with Crippen LogP contribution in [-0.4, -0.2) is 42.9 Å². The number of carbonyl (C=O) groups excluding carboxylic acids is 1. The van der Waals surface area contributed by atoms with E-state index in [1.54, 1.807) is 18.4 Å². The van der Waals surface area contributed by atoms with Gasteiger partial charge >= 0.3 is 0 Å². The number of nitrogens with zero attached hydrogens (tertiary/aromatic N) is 2. The Kier molecular flexibility index (Phi) is 5.54. The van der Waals surface area contributed by atoms with Crippen LogP contribution in [0.25, 0.3) is 0 Å². The van der Waals surface area contributed by atoms with Gasteiger partial charge in [-0.15, -0.1) is 11.3 Å². The number of aliphatic imine (C=N–C) groups is 1. The maximum atomic E-state index is 12.5. The molecule has 0 aromatic carbocycles. The molecule has 126 valence electrons. The summed E-state index contributed by atoms with van der Waals surface area (Å²) in [5, 5.41) is 8.88. The summed E-state index contributed by atoms with van der Waals surface area (Å²) in [6.07, 6.45) is 5.59. The third-order valence-corrected chi connectivity index (χ3v) is 5.66. The quantitative estimate of drug-likeness (QED) is 0.656. The molecule has 1 saturated heterocycles. The maximum Gasteiger partial charge on any atom is 0.225 e. The van der Waals surface area contributed by atoms with Crippen LogP contribution in [0.3, 0.4) is 0 Å². The van der Waals surface area contributed by atoms with Crippen LogP contribution in [0.5, 0.6) is 0 Å². The summed E-state index contributed by atoms with van der Waals surface area (Å²) in [5.74, 6) is 1.47. The topological polar surface area (TPSA) is 56.7 Å². The van der Waals surface area contributed by atoms with Gasteiger partial charge in [0.2, 0.25) is 5.91 Å². The van der Waals surface area contributed by atoms with Gasteiger partial charge in [-0.1, -0.05) is 18.9 Å². The molecule has 6 heteroatoms. The lowest BCUT2D eigenvalue weighted by Crippen LogP contribution is -2.45. The fourth-order valence-corrected chi connectivity index (χ4v) is 4.13. The highest BCUT2D eigenvalue weighted by atomic mass is 32.1. The predicted octanol–water partition coefficient (Wildman–Crippen LogP) is 2.20. The average molecular weight is 334 g/mol. The van der Waals surface area contributed by atoms with Gasteiger partial charge in [-0.2, -0.15) is 0 Å². The lowest BCUT2D eigenvalue weighted by atomic mass is 10.1. The molecular formula is C17H26N4OS. The molecule has 2 fully saturated rings. The lowest BCUT2D eigenvalue weighted by molar-refractivity contribution is -0.134. The molecule has 1 aliphatic carbocycles. The Hall–Kier alpha value is -1.56. The van der Waals surface area contributed by atoms with E-state index in [9.17, 15) is 4.79 Å². The van der Waals surface area contributed by atoms with E-state index in [1.807, 2.05) is 4.90 Å². The molecule has 1 aromatic heterocycles. The number of amides is 1. The summed E-state index contributed by atoms with van der Waals surface area (Å²) in [7, 11) is 1.79. The third kappa shape index (κ3) is 4.25. The normalized spacial score (nSPS) is 22.6. The smallest absolute Gasteiger partial charge is 0.225 e. The Morgan fingerprint density at radius 1 is 1.39 bits per heavy atom. The zero-order valence-electron chi connectivity index (χ0n) is 13.8. The van der Waals surface area contributed by atoms with Crippen LogP contribution in [-0.2, 0) is 11.3 Å². The molecule has 2 heterocycles. The van der Waals surface area contributed by atoms with Crippen molar-refractivity contribution < 1.29 is 4.79 Å². The Morgan fingerprint density at radius 3 is 2.91 bits per heavy atom. The number of rotatable bonds is 4. The second kappa shape index (κ2) is 7.81. The van der Waals surface area contributed by atoms with Gasteiger partial charge in [0, 0.05) is 37.0 Å². The minimum atomic E-state index is 0.282. The standard InChI is InChI=1S/C17H26N4OS/c1-18-17(19-11-15-7-4-10-23-15)20-14-8-9-21(12-14)16(22)13-5-2-3-6-13/h4,7,10,13-14H,2-3,5-6,8-9,11-12H2,1H3,(H2,18,19,20). The first-order valence-electron chi connectivity index (χ1n) is 8.54. The Bertz CT molecular complexity index is 537. The second-order valence-electron chi connectivity index (χ2n) is 6.40.